The van der Waals surface area contributed by atoms with Crippen molar-refractivity contribution in [3.63, 3.8) is 0 Å². The van der Waals surface area contributed by atoms with Gasteiger partial charge in [-0.15, -0.1) is 0 Å². The Balaban J connectivity index is 1.54. The molecule has 3 nitrogen and oxygen atoms in total. The molecule has 1 aromatic heterocycles. The van der Waals surface area contributed by atoms with Crippen LogP contribution in [0.15, 0.2) is 67.0 Å². The minimum atomic E-state index is -0.216. The molecule has 132 valence electrons. The Morgan fingerprint density at radius 1 is 1.12 bits per heavy atom. The van der Waals surface area contributed by atoms with Crippen LogP contribution in [0.3, 0.4) is 0 Å². The van der Waals surface area contributed by atoms with Crippen molar-refractivity contribution in [2.45, 2.75) is 25.6 Å². The number of nitrogens with zero attached hydrogens (tertiary/aromatic N) is 2. The molecule has 3 aromatic rings. The molecule has 0 saturated heterocycles. The molecular weight excluding hydrogens is 327 g/mol. The Bertz CT molecular complexity index is 880. The van der Waals surface area contributed by atoms with Gasteiger partial charge in [0.1, 0.15) is 11.6 Å². The second-order valence-electron chi connectivity index (χ2n) is 6.68. The van der Waals surface area contributed by atoms with Gasteiger partial charge < -0.3 is 4.74 Å². The summed E-state index contributed by atoms with van der Waals surface area (Å²) in [5, 5.41) is 0. The highest BCUT2D eigenvalue weighted by molar-refractivity contribution is 5.70. The lowest BCUT2D eigenvalue weighted by atomic mass is 9.94. The maximum atomic E-state index is 13.2. The van der Waals surface area contributed by atoms with E-state index in [1.54, 1.807) is 6.20 Å². The van der Waals surface area contributed by atoms with Gasteiger partial charge in [0.05, 0.1) is 0 Å². The molecule has 1 unspecified atom stereocenters. The van der Waals surface area contributed by atoms with Crippen LogP contribution in [-0.4, -0.2) is 23.2 Å². The Labute approximate surface area is 153 Å². The zero-order valence-corrected chi connectivity index (χ0v) is 14.7. The van der Waals surface area contributed by atoms with Gasteiger partial charge in [0.15, 0.2) is 6.23 Å². The topological polar surface area (TPSA) is 25.4 Å². The highest BCUT2D eigenvalue weighted by Crippen LogP contribution is 2.36. The van der Waals surface area contributed by atoms with Crippen molar-refractivity contribution in [1.29, 1.82) is 0 Å². The van der Waals surface area contributed by atoms with Gasteiger partial charge in [0.2, 0.25) is 0 Å². The molecule has 0 bridgehead atoms. The SMILES string of the molecule is CN(Cc1cccnc1)C1CCc2c(cccc2-c2ccc(F)cc2)O1. The highest BCUT2D eigenvalue weighted by Gasteiger charge is 2.25. The lowest BCUT2D eigenvalue weighted by molar-refractivity contribution is 0.0227. The molecule has 0 fully saturated rings. The molecule has 4 heteroatoms. The molecule has 0 radical (unpaired) electrons. The molecule has 0 aliphatic carbocycles. The van der Waals surface area contributed by atoms with Crippen molar-refractivity contribution in [3.8, 4) is 16.9 Å². The molecular formula is C22H21FN2O. The Morgan fingerprint density at radius 2 is 1.96 bits per heavy atom. The maximum absolute atomic E-state index is 13.2. The maximum Gasteiger partial charge on any atom is 0.153 e. The number of hydrogen-bond acceptors (Lipinski definition) is 3. The average molecular weight is 348 g/mol. The van der Waals surface area contributed by atoms with E-state index >= 15 is 0 Å². The number of ether oxygens (including phenoxy) is 1. The number of halogens is 1. The molecule has 26 heavy (non-hydrogen) atoms. The van der Waals surface area contributed by atoms with Crippen molar-refractivity contribution in [3.05, 3.63) is 83.9 Å². The van der Waals surface area contributed by atoms with Crippen molar-refractivity contribution in [2.24, 2.45) is 0 Å². The molecule has 0 spiro atoms. The summed E-state index contributed by atoms with van der Waals surface area (Å²) >= 11 is 0. The van der Waals surface area contributed by atoms with E-state index in [0.29, 0.717) is 0 Å². The molecule has 2 aromatic carbocycles. The predicted octanol–water partition coefficient (Wildman–Crippen LogP) is 4.67. The second kappa shape index (κ2) is 7.26. The van der Waals surface area contributed by atoms with E-state index in [9.17, 15) is 4.39 Å². The average Bonchev–Trinajstić information content (AvgIpc) is 2.68. The van der Waals surface area contributed by atoms with Crippen molar-refractivity contribution in [1.82, 2.24) is 9.88 Å². The van der Waals surface area contributed by atoms with E-state index in [2.05, 4.69) is 29.1 Å². The summed E-state index contributed by atoms with van der Waals surface area (Å²) in [5.74, 6) is 0.702. The molecule has 1 aliphatic rings. The zero-order chi connectivity index (χ0) is 17.9. The fourth-order valence-electron chi connectivity index (χ4n) is 3.50. The van der Waals surface area contributed by atoms with Crippen LogP contribution < -0.4 is 4.74 Å². The van der Waals surface area contributed by atoms with Crippen LogP contribution in [-0.2, 0) is 13.0 Å². The number of pyridine rings is 1. The quantitative estimate of drug-likeness (QED) is 0.685. The van der Waals surface area contributed by atoms with E-state index in [1.165, 1.54) is 23.3 Å². The van der Waals surface area contributed by atoms with Crippen LogP contribution in [0.1, 0.15) is 17.5 Å². The van der Waals surface area contributed by atoms with Gasteiger partial charge in [0, 0.05) is 30.9 Å². The molecule has 1 atom stereocenters. The van der Waals surface area contributed by atoms with Gasteiger partial charge in [0.25, 0.3) is 0 Å². The van der Waals surface area contributed by atoms with Crippen molar-refractivity contribution in [2.75, 3.05) is 7.05 Å². The largest absolute Gasteiger partial charge is 0.475 e. The lowest BCUT2D eigenvalue weighted by Crippen LogP contribution is -2.38. The van der Waals surface area contributed by atoms with Gasteiger partial charge in [-0.05, 0) is 54.4 Å². The second-order valence-corrected chi connectivity index (χ2v) is 6.68. The summed E-state index contributed by atoms with van der Waals surface area (Å²) in [6.45, 7) is 0.797. The van der Waals surface area contributed by atoms with Crippen molar-refractivity contribution < 1.29 is 9.13 Å². The lowest BCUT2D eigenvalue weighted by Gasteiger charge is -2.33. The number of hydrogen-bond donors (Lipinski definition) is 0. The number of fused-ring (bicyclic) bond motifs is 1. The molecule has 0 N–H and O–H groups in total. The summed E-state index contributed by atoms with van der Waals surface area (Å²) < 4.78 is 19.5. The van der Waals surface area contributed by atoms with Gasteiger partial charge in [-0.3, -0.25) is 9.88 Å². The Kier molecular flexibility index (Phi) is 4.67. The van der Waals surface area contributed by atoms with Gasteiger partial charge in [-0.2, -0.15) is 0 Å². The first kappa shape index (κ1) is 16.7. The third-order valence-electron chi connectivity index (χ3n) is 4.84. The van der Waals surface area contributed by atoms with Gasteiger partial charge in [-0.1, -0.05) is 30.3 Å². The van der Waals surface area contributed by atoms with Crippen LogP contribution in [0, 0.1) is 5.82 Å². The predicted molar refractivity (Wildman–Crippen MR) is 100 cm³/mol. The van der Waals surface area contributed by atoms with Gasteiger partial charge in [-0.25, -0.2) is 4.39 Å². The van der Waals surface area contributed by atoms with Crippen LogP contribution in [0.2, 0.25) is 0 Å². The molecule has 0 amide bonds. The zero-order valence-electron chi connectivity index (χ0n) is 14.7. The third kappa shape index (κ3) is 3.46. The smallest absolute Gasteiger partial charge is 0.153 e. The highest BCUT2D eigenvalue weighted by atomic mass is 19.1. The minimum Gasteiger partial charge on any atom is -0.475 e. The first-order chi connectivity index (χ1) is 12.7. The molecule has 1 aliphatic heterocycles. The monoisotopic (exact) mass is 348 g/mol. The summed E-state index contributed by atoms with van der Waals surface area (Å²) in [6.07, 6.45) is 5.56. The van der Waals surface area contributed by atoms with E-state index in [-0.39, 0.29) is 12.0 Å². The van der Waals surface area contributed by atoms with Crippen molar-refractivity contribution >= 4 is 0 Å². The van der Waals surface area contributed by atoms with E-state index in [1.807, 2.05) is 36.5 Å². The number of aromatic nitrogens is 1. The Morgan fingerprint density at radius 3 is 2.73 bits per heavy atom. The van der Waals surface area contributed by atoms with Crippen LogP contribution in [0.4, 0.5) is 4.39 Å². The fraction of sp³-hybridized carbons (Fsp3) is 0.227. The molecule has 2 heterocycles. The summed E-state index contributed by atoms with van der Waals surface area (Å²) in [5.41, 5.74) is 4.51. The standard InChI is InChI=1S/C22H21FN2O/c1-25(15-16-4-3-13-24-14-16)22-12-11-20-19(5-2-6-21(20)26-22)17-7-9-18(23)10-8-17/h2-10,13-14,22H,11-12,15H2,1H3. The first-order valence-corrected chi connectivity index (χ1v) is 8.84. The van der Waals surface area contributed by atoms with Crippen LogP contribution in [0.5, 0.6) is 5.75 Å². The first-order valence-electron chi connectivity index (χ1n) is 8.84. The summed E-state index contributed by atoms with van der Waals surface area (Å²) in [4.78, 5) is 6.39. The normalized spacial score (nSPS) is 16.2. The summed E-state index contributed by atoms with van der Waals surface area (Å²) in [7, 11) is 2.08. The summed E-state index contributed by atoms with van der Waals surface area (Å²) in [6, 6.07) is 16.8. The van der Waals surface area contributed by atoms with Gasteiger partial charge >= 0.3 is 0 Å². The Hall–Kier alpha value is -2.72. The molecule has 0 saturated carbocycles. The van der Waals surface area contributed by atoms with E-state index in [4.69, 9.17) is 4.74 Å². The molecule has 4 rings (SSSR count). The minimum absolute atomic E-state index is 0.0335. The van der Waals surface area contributed by atoms with E-state index < -0.39 is 0 Å². The third-order valence-corrected chi connectivity index (χ3v) is 4.84. The number of rotatable bonds is 4. The number of benzene rings is 2. The van der Waals surface area contributed by atoms with Crippen LogP contribution >= 0.6 is 0 Å². The fourth-order valence-corrected chi connectivity index (χ4v) is 3.50. The van der Waals surface area contributed by atoms with E-state index in [0.717, 1.165) is 36.3 Å². The van der Waals surface area contributed by atoms with Crippen LogP contribution in [0.25, 0.3) is 11.1 Å².